The molecule has 0 saturated heterocycles. The van der Waals surface area contributed by atoms with Crippen molar-refractivity contribution in [2.45, 2.75) is 115 Å². The molecule has 0 aliphatic carbocycles. The molecule has 0 aliphatic heterocycles. The van der Waals surface area contributed by atoms with E-state index in [1.807, 2.05) is 0 Å². The van der Waals surface area contributed by atoms with Gasteiger partial charge in [-0.15, -0.1) is 0 Å². The molecule has 170 valence electrons. The third-order valence-corrected chi connectivity index (χ3v) is 5.54. The van der Waals surface area contributed by atoms with E-state index in [9.17, 15) is 18.0 Å². The van der Waals surface area contributed by atoms with Crippen LogP contribution in [0.3, 0.4) is 0 Å². The first kappa shape index (κ1) is 33.5. The molecule has 0 heterocycles. The van der Waals surface area contributed by atoms with Crippen molar-refractivity contribution in [2.75, 3.05) is 0 Å². The number of hydrogen-bond acceptors (Lipinski definition) is 4. The van der Waals surface area contributed by atoms with Crippen LogP contribution in [0.5, 0.6) is 0 Å². The van der Waals surface area contributed by atoms with Crippen LogP contribution >= 0.6 is 0 Å². The molecule has 7 nitrogen and oxygen atoms in total. The number of carbonyl (C=O) groups is 2. The van der Waals surface area contributed by atoms with Crippen molar-refractivity contribution in [2.24, 2.45) is 0 Å². The van der Waals surface area contributed by atoms with E-state index in [0.717, 1.165) is 0 Å². The maximum atomic E-state index is 10.2. The van der Waals surface area contributed by atoms with Crippen molar-refractivity contribution in [1.82, 2.24) is 0 Å². The fourth-order valence-corrected chi connectivity index (χ4v) is 3.35. The average Bonchev–Trinajstić information content (AvgIpc) is 2.60. The number of rotatable bonds is 17. The van der Waals surface area contributed by atoms with E-state index in [1.54, 1.807) is 0 Å². The molecule has 29 heavy (non-hydrogen) atoms. The summed E-state index contributed by atoms with van der Waals surface area (Å²) in [6.45, 7) is 4.58. The maximum Gasteiger partial charge on any atom is 1.00 e. The topological polar surface area (TPSA) is 129 Å². The maximum absolute atomic E-state index is 10.2. The number of carboxylic acid groups (broad SMARTS) is 2. The molecular weight excluding hydrogens is 407 g/mol. The quantitative estimate of drug-likeness (QED) is 0.177. The second-order valence-corrected chi connectivity index (χ2v) is 8.78. The predicted octanol–water partition coefficient (Wildman–Crippen LogP) is 2.41. The summed E-state index contributed by atoms with van der Waals surface area (Å²) in [6.07, 6.45) is 19.3. The zero-order valence-electron chi connectivity index (χ0n) is 19.6. The molecule has 0 fully saturated rings. The number of hydrogen-bond donors (Lipinski definition) is 3. The zero-order valence-corrected chi connectivity index (χ0v) is 21.4. The average molecular weight is 449 g/mol. The van der Waals surface area contributed by atoms with Crippen LogP contribution in [0.2, 0.25) is 0 Å². The second-order valence-electron chi connectivity index (χ2n) is 7.18. The van der Waals surface area contributed by atoms with Gasteiger partial charge in [0.25, 0.3) is 10.1 Å². The molecule has 0 aromatic heterocycles. The van der Waals surface area contributed by atoms with Gasteiger partial charge >= 0.3 is 41.5 Å². The normalized spacial score (nSPS) is 11.7. The largest absolute Gasteiger partial charge is 1.00 e. The van der Waals surface area contributed by atoms with Gasteiger partial charge in [-0.3, -0.25) is 14.1 Å². The van der Waals surface area contributed by atoms with Gasteiger partial charge in [-0.05, 0) is 0 Å². The molecule has 0 radical (unpaired) electrons. The summed E-state index contributed by atoms with van der Waals surface area (Å²) in [7, 11) is -4.84. The third kappa shape index (κ3) is 25.8. The molecule has 1 atom stereocenters. The van der Waals surface area contributed by atoms with Gasteiger partial charge in [0.05, 0.1) is 6.42 Å². The number of aliphatic carboxylic acids is 2. The molecule has 0 spiro atoms. The smallest absolute Gasteiger partial charge is 1.00 e. The van der Waals surface area contributed by atoms with Gasteiger partial charge in [0.15, 0.2) is 5.25 Å². The van der Waals surface area contributed by atoms with Crippen LogP contribution in [0.25, 0.3) is 0 Å². The van der Waals surface area contributed by atoms with Crippen molar-refractivity contribution in [3.63, 3.8) is 0 Å². The fraction of sp³-hybridized carbons (Fsp3) is 0.900. The minimum absolute atomic E-state index is 0. The van der Waals surface area contributed by atoms with Crippen molar-refractivity contribution in [1.29, 1.82) is 0 Å². The van der Waals surface area contributed by atoms with Gasteiger partial charge in [-0.1, -0.05) is 104 Å². The van der Waals surface area contributed by atoms with Gasteiger partial charge in [-0.2, -0.15) is 8.42 Å². The Bertz CT molecular complexity index is 487. The predicted molar refractivity (Wildman–Crippen MR) is 112 cm³/mol. The van der Waals surface area contributed by atoms with Gasteiger partial charge in [0.2, 0.25) is 0 Å². The van der Waals surface area contributed by atoms with E-state index >= 15 is 0 Å². The molecule has 0 aromatic carbocycles. The van der Waals surface area contributed by atoms with Crippen LogP contribution in [-0.2, 0) is 19.7 Å². The van der Waals surface area contributed by atoms with Crippen molar-refractivity contribution in [3.05, 3.63) is 0 Å². The Hall–Kier alpha value is -0.150. The Balaban J connectivity index is -0.000000219. The van der Waals surface area contributed by atoms with E-state index in [-0.39, 0.29) is 31.0 Å². The van der Waals surface area contributed by atoms with Crippen molar-refractivity contribution < 1.29 is 63.8 Å². The third-order valence-electron chi connectivity index (χ3n) is 4.45. The van der Waals surface area contributed by atoms with Gasteiger partial charge in [-0.25, -0.2) is 0 Å². The molecule has 9 heteroatoms. The molecule has 0 saturated carbocycles. The first-order valence-electron chi connectivity index (χ1n) is 10.6. The fourth-order valence-electron chi connectivity index (χ4n) is 2.75. The van der Waals surface area contributed by atoms with E-state index in [4.69, 9.17) is 14.8 Å². The minimum atomic E-state index is -4.84. The molecule has 0 aliphatic rings. The summed E-state index contributed by atoms with van der Waals surface area (Å²) in [5.74, 6) is -3.50. The Morgan fingerprint density at radius 2 is 1.00 bits per heavy atom. The summed E-state index contributed by atoms with van der Waals surface area (Å²) >= 11 is 0. The van der Waals surface area contributed by atoms with E-state index in [0.29, 0.717) is 0 Å². The summed E-state index contributed by atoms with van der Waals surface area (Å²) in [5.41, 5.74) is 0. The van der Waals surface area contributed by atoms with Crippen LogP contribution in [0.15, 0.2) is 0 Å². The second kappa shape index (κ2) is 22.5. The Morgan fingerprint density at radius 1 is 0.724 bits per heavy atom. The van der Waals surface area contributed by atoms with E-state index in [1.165, 1.54) is 89.9 Å². The molecule has 0 amide bonds. The standard InChI is InChI=1S/C16H34.C4H6O7S.Na.H/c1-3-5-7-9-11-13-15-16-14-12-10-8-6-4-2;5-3(6)1-2(4(7)8)12(9,10)11;;/h3-16H2,1-2H3;2H,1H2,(H,5,6)(H,7,8)(H,9,10,11);;/q;;+1;-1. The SMILES string of the molecule is CCCCCCCCCCCCCCCC.O=C(O)CC(C(=O)O)S(=O)(=O)O.[H-].[Na+]. The van der Waals surface area contributed by atoms with Crippen LogP contribution < -0.4 is 29.6 Å². The summed E-state index contributed by atoms with van der Waals surface area (Å²) in [5, 5.41) is 13.9. The van der Waals surface area contributed by atoms with Gasteiger partial charge in [0, 0.05) is 0 Å². The molecule has 0 bridgehead atoms. The monoisotopic (exact) mass is 448 g/mol. The van der Waals surface area contributed by atoms with Crippen LogP contribution in [0.4, 0.5) is 0 Å². The summed E-state index contributed by atoms with van der Waals surface area (Å²) < 4.78 is 28.7. The minimum Gasteiger partial charge on any atom is -1.00 e. The van der Waals surface area contributed by atoms with Crippen LogP contribution in [0.1, 0.15) is 112 Å². The Labute approximate surface area is 200 Å². The molecule has 1 unspecified atom stereocenters. The van der Waals surface area contributed by atoms with E-state index in [2.05, 4.69) is 13.8 Å². The van der Waals surface area contributed by atoms with Crippen LogP contribution in [0, 0.1) is 0 Å². The van der Waals surface area contributed by atoms with Crippen molar-refractivity contribution >= 4 is 22.1 Å². The van der Waals surface area contributed by atoms with E-state index < -0.39 is 33.7 Å². The molecule has 0 aromatic rings. The number of unbranched alkanes of at least 4 members (excludes halogenated alkanes) is 13. The summed E-state index contributed by atoms with van der Waals surface area (Å²) in [4.78, 5) is 20.0. The van der Waals surface area contributed by atoms with Crippen molar-refractivity contribution in [3.8, 4) is 0 Å². The summed E-state index contributed by atoms with van der Waals surface area (Å²) in [6, 6.07) is 0. The van der Waals surface area contributed by atoms with Crippen LogP contribution in [-0.4, -0.2) is 40.4 Å². The Morgan fingerprint density at radius 3 is 1.14 bits per heavy atom. The Kier molecular flexibility index (Phi) is 26.0. The number of carboxylic acids is 2. The first-order valence-corrected chi connectivity index (χ1v) is 12.1. The zero-order chi connectivity index (χ0) is 21.8. The molecule has 3 N–H and O–H groups in total. The van der Waals surface area contributed by atoms with Gasteiger partial charge < -0.3 is 11.6 Å². The van der Waals surface area contributed by atoms with Gasteiger partial charge in [0.1, 0.15) is 0 Å². The molecular formula is C20H41NaO7S. The molecule has 0 rings (SSSR count). The first-order chi connectivity index (χ1) is 13.2.